The molecule has 0 saturated carbocycles. The minimum Gasteiger partial charge on any atom is -0.465 e. The molecule has 0 saturated heterocycles. The van der Waals surface area contributed by atoms with Crippen LogP contribution in [0.4, 0.5) is 4.79 Å². The summed E-state index contributed by atoms with van der Waals surface area (Å²) in [6.45, 7) is 0.391. The molecule has 108 valence electrons. The largest absolute Gasteiger partial charge is 0.465 e. The number of rotatable bonds is 5. The molecule has 1 aromatic heterocycles. The van der Waals surface area contributed by atoms with Gasteiger partial charge >= 0.3 is 6.09 Å². The van der Waals surface area contributed by atoms with E-state index in [-0.39, 0.29) is 19.0 Å². The van der Waals surface area contributed by atoms with E-state index >= 15 is 0 Å². The third-order valence-electron chi connectivity index (χ3n) is 2.78. The van der Waals surface area contributed by atoms with Gasteiger partial charge in [0.15, 0.2) is 0 Å². The molecule has 3 N–H and O–H groups in total. The van der Waals surface area contributed by atoms with Gasteiger partial charge in [-0.15, -0.1) is 0 Å². The summed E-state index contributed by atoms with van der Waals surface area (Å²) < 4.78 is 0. The molecule has 2 aromatic rings. The summed E-state index contributed by atoms with van der Waals surface area (Å²) in [4.78, 5) is 26.3. The Kier molecular flexibility index (Phi) is 4.87. The molecular weight excluding hydrogens is 270 g/mol. The van der Waals surface area contributed by atoms with Gasteiger partial charge in [-0.2, -0.15) is 0 Å². The standard InChI is InChI=1S/C15H15N3O3/c19-14(16-8-9-17-15(20)21)12-6-7-13(18-10-12)11-4-2-1-3-5-11/h1-7,10,17H,8-9H2,(H,16,19)(H,20,21). The molecule has 0 aliphatic rings. The van der Waals surface area contributed by atoms with Crippen LogP contribution in [0.25, 0.3) is 11.3 Å². The highest BCUT2D eigenvalue weighted by Gasteiger charge is 2.06. The van der Waals surface area contributed by atoms with Gasteiger partial charge < -0.3 is 15.7 Å². The van der Waals surface area contributed by atoms with E-state index in [4.69, 9.17) is 5.11 Å². The van der Waals surface area contributed by atoms with Crippen LogP contribution < -0.4 is 10.6 Å². The summed E-state index contributed by atoms with van der Waals surface area (Å²) in [5.74, 6) is -0.283. The molecule has 0 spiro atoms. The fourth-order valence-electron chi connectivity index (χ4n) is 1.76. The fraction of sp³-hybridized carbons (Fsp3) is 0.133. The van der Waals surface area contributed by atoms with Crippen molar-refractivity contribution in [1.82, 2.24) is 15.6 Å². The average molecular weight is 285 g/mol. The zero-order chi connectivity index (χ0) is 15.1. The highest BCUT2D eigenvalue weighted by atomic mass is 16.4. The third kappa shape index (κ3) is 4.31. The second kappa shape index (κ2) is 7.04. The van der Waals surface area contributed by atoms with Crippen LogP contribution in [0.2, 0.25) is 0 Å². The minimum atomic E-state index is -1.11. The lowest BCUT2D eigenvalue weighted by atomic mass is 10.1. The fourth-order valence-corrected chi connectivity index (χ4v) is 1.76. The number of pyridine rings is 1. The van der Waals surface area contributed by atoms with Crippen molar-refractivity contribution < 1.29 is 14.7 Å². The molecule has 6 heteroatoms. The van der Waals surface area contributed by atoms with Gasteiger partial charge in [0.1, 0.15) is 0 Å². The van der Waals surface area contributed by atoms with E-state index in [0.717, 1.165) is 11.3 Å². The van der Waals surface area contributed by atoms with Crippen molar-refractivity contribution in [3.8, 4) is 11.3 Å². The molecule has 2 rings (SSSR count). The molecule has 2 amide bonds. The average Bonchev–Trinajstić information content (AvgIpc) is 2.52. The summed E-state index contributed by atoms with van der Waals surface area (Å²) >= 11 is 0. The van der Waals surface area contributed by atoms with Crippen LogP contribution in [-0.2, 0) is 0 Å². The molecule has 0 unspecified atom stereocenters. The summed E-state index contributed by atoms with van der Waals surface area (Å²) in [5, 5.41) is 13.2. The number of nitrogens with zero attached hydrogens (tertiary/aromatic N) is 1. The van der Waals surface area contributed by atoms with Crippen molar-refractivity contribution in [1.29, 1.82) is 0 Å². The third-order valence-corrected chi connectivity index (χ3v) is 2.78. The van der Waals surface area contributed by atoms with Gasteiger partial charge in [-0.05, 0) is 12.1 Å². The lowest BCUT2D eigenvalue weighted by molar-refractivity contribution is 0.0953. The number of benzene rings is 1. The van der Waals surface area contributed by atoms with E-state index in [9.17, 15) is 9.59 Å². The Morgan fingerprint density at radius 2 is 1.71 bits per heavy atom. The van der Waals surface area contributed by atoms with Crippen molar-refractivity contribution in [3.05, 3.63) is 54.2 Å². The molecule has 1 aromatic carbocycles. The molecule has 0 aliphatic carbocycles. The monoisotopic (exact) mass is 285 g/mol. The number of carbonyl (C=O) groups is 2. The van der Waals surface area contributed by atoms with E-state index in [1.807, 2.05) is 30.3 Å². The van der Waals surface area contributed by atoms with E-state index < -0.39 is 6.09 Å². The second-order valence-electron chi connectivity index (χ2n) is 4.29. The second-order valence-corrected chi connectivity index (χ2v) is 4.29. The highest BCUT2D eigenvalue weighted by Crippen LogP contribution is 2.15. The first-order valence-corrected chi connectivity index (χ1v) is 6.43. The van der Waals surface area contributed by atoms with E-state index in [1.165, 1.54) is 6.20 Å². The number of nitrogens with one attached hydrogen (secondary N) is 2. The Morgan fingerprint density at radius 3 is 2.33 bits per heavy atom. The van der Waals surface area contributed by atoms with E-state index in [1.54, 1.807) is 12.1 Å². The Morgan fingerprint density at radius 1 is 1.00 bits per heavy atom. The van der Waals surface area contributed by atoms with Gasteiger partial charge in [0, 0.05) is 24.8 Å². The number of hydrogen-bond acceptors (Lipinski definition) is 3. The Labute approximate surface area is 121 Å². The van der Waals surface area contributed by atoms with Gasteiger partial charge in [0.2, 0.25) is 0 Å². The number of amides is 2. The van der Waals surface area contributed by atoms with Crippen LogP contribution >= 0.6 is 0 Å². The number of carboxylic acid groups (broad SMARTS) is 1. The van der Waals surface area contributed by atoms with Crippen molar-refractivity contribution in [2.24, 2.45) is 0 Å². The van der Waals surface area contributed by atoms with Crippen LogP contribution in [0.5, 0.6) is 0 Å². The first-order chi connectivity index (χ1) is 10.2. The molecule has 0 atom stereocenters. The lowest BCUT2D eigenvalue weighted by Gasteiger charge is -2.06. The SMILES string of the molecule is O=C(O)NCCNC(=O)c1ccc(-c2ccccc2)nc1. The molecule has 0 radical (unpaired) electrons. The summed E-state index contributed by atoms with van der Waals surface area (Å²) in [7, 11) is 0. The normalized spacial score (nSPS) is 9.90. The van der Waals surface area contributed by atoms with Crippen molar-refractivity contribution >= 4 is 12.0 Å². The predicted octanol–water partition coefficient (Wildman–Crippen LogP) is 1.75. The Bertz CT molecular complexity index is 612. The first-order valence-electron chi connectivity index (χ1n) is 6.43. The summed E-state index contributed by atoms with van der Waals surface area (Å²) in [5.41, 5.74) is 2.21. The Balaban J connectivity index is 1.93. The van der Waals surface area contributed by atoms with Crippen LogP contribution in [0.3, 0.4) is 0 Å². The lowest BCUT2D eigenvalue weighted by Crippen LogP contribution is -2.33. The number of hydrogen-bond donors (Lipinski definition) is 3. The van der Waals surface area contributed by atoms with Crippen LogP contribution in [0.1, 0.15) is 10.4 Å². The smallest absolute Gasteiger partial charge is 0.404 e. The molecule has 0 aliphatic heterocycles. The van der Waals surface area contributed by atoms with Crippen molar-refractivity contribution in [3.63, 3.8) is 0 Å². The maximum absolute atomic E-state index is 11.8. The zero-order valence-corrected chi connectivity index (χ0v) is 11.2. The zero-order valence-electron chi connectivity index (χ0n) is 11.2. The molecule has 0 fully saturated rings. The van der Waals surface area contributed by atoms with Crippen LogP contribution in [-0.4, -0.2) is 35.2 Å². The van der Waals surface area contributed by atoms with E-state index in [0.29, 0.717) is 5.56 Å². The Hall–Kier alpha value is -2.89. The van der Waals surface area contributed by atoms with Gasteiger partial charge in [-0.25, -0.2) is 4.79 Å². The summed E-state index contributed by atoms with van der Waals surface area (Å²) in [6.07, 6.45) is 0.389. The predicted molar refractivity (Wildman–Crippen MR) is 78.0 cm³/mol. The van der Waals surface area contributed by atoms with Crippen LogP contribution in [0.15, 0.2) is 48.7 Å². The molecule has 6 nitrogen and oxygen atoms in total. The molecule has 0 bridgehead atoms. The minimum absolute atomic E-state index is 0.163. The molecule has 1 heterocycles. The maximum atomic E-state index is 11.8. The number of aromatic nitrogens is 1. The van der Waals surface area contributed by atoms with E-state index in [2.05, 4.69) is 15.6 Å². The quantitative estimate of drug-likeness (QED) is 0.730. The first kappa shape index (κ1) is 14.5. The van der Waals surface area contributed by atoms with Gasteiger partial charge in [0.25, 0.3) is 5.91 Å². The highest BCUT2D eigenvalue weighted by molar-refractivity contribution is 5.94. The van der Waals surface area contributed by atoms with Gasteiger partial charge in [0.05, 0.1) is 11.3 Å². The number of carbonyl (C=O) groups excluding carboxylic acids is 1. The molecular formula is C15H15N3O3. The van der Waals surface area contributed by atoms with Crippen molar-refractivity contribution in [2.45, 2.75) is 0 Å². The maximum Gasteiger partial charge on any atom is 0.404 e. The topological polar surface area (TPSA) is 91.3 Å². The molecule has 21 heavy (non-hydrogen) atoms. The van der Waals surface area contributed by atoms with Gasteiger partial charge in [-0.1, -0.05) is 30.3 Å². The van der Waals surface area contributed by atoms with Gasteiger partial charge in [-0.3, -0.25) is 9.78 Å². The van der Waals surface area contributed by atoms with Crippen molar-refractivity contribution in [2.75, 3.05) is 13.1 Å². The summed E-state index contributed by atoms with van der Waals surface area (Å²) in [6, 6.07) is 13.1. The van der Waals surface area contributed by atoms with Crippen LogP contribution in [0, 0.1) is 0 Å².